The van der Waals surface area contributed by atoms with Crippen LogP contribution in [0.2, 0.25) is 0 Å². The Kier molecular flexibility index (Phi) is 6.73. The number of amides is 1. The molecule has 1 N–H and O–H groups in total. The molecule has 3 rings (SSSR count). The number of carbonyl (C=O) groups excluding carboxylic acids is 1. The topological polar surface area (TPSA) is 59.9 Å². The molecule has 0 heterocycles. The van der Waals surface area contributed by atoms with E-state index >= 15 is 0 Å². The fraction of sp³-hybridized carbons (Fsp3) is 0.182. The monoisotopic (exact) mass is 398 g/mol. The Morgan fingerprint density at radius 1 is 1.07 bits per heavy atom. The van der Waals surface area contributed by atoms with E-state index in [0.717, 1.165) is 16.3 Å². The molecule has 0 aromatic heterocycles. The highest BCUT2D eigenvalue weighted by molar-refractivity contribution is 5.83. The molecule has 0 saturated carbocycles. The Balaban J connectivity index is 1.47. The first kappa shape index (κ1) is 20.3. The first-order chi connectivity index (χ1) is 14.0. The Morgan fingerprint density at radius 2 is 1.79 bits per heavy atom. The molecule has 3 aromatic carbocycles. The Labute approximate surface area is 166 Å². The smallest absolute Gasteiger partial charge is 0.387 e. The second kappa shape index (κ2) is 9.64. The fourth-order valence-electron chi connectivity index (χ4n) is 2.77. The third-order valence-corrected chi connectivity index (χ3v) is 4.23. The van der Waals surface area contributed by atoms with Crippen molar-refractivity contribution in [2.24, 2.45) is 5.16 Å². The van der Waals surface area contributed by atoms with Gasteiger partial charge in [0.2, 0.25) is 0 Å². The molecule has 0 radical (unpaired) electrons. The van der Waals surface area contributed by atoms with E-state index in [1.54, 1.807) is 12.1 Å². The van der Waals surface area contributed by atoms with Crippen molar-refractivity contribution in [3.05, 3.63) is 77.9 Å². The molecule has 150 valence electrons. The van der Waals surface area contributed by atoms with Crippen LogP contribution in [-0.2, 0) is 9.63 Å². The van der Waals surface area contributed by atoms with Gasteiger partial charge in [-0.2, -0.15) is 8.78 Å². The number of alkyl halides is 2. The minimum Gasteiger partial charge on any atom is -0.435 e. The van der Waals surface area contributed by atoms with E-state index in [-0.39, 0.29) is 24.3 Å². The third kappa shape index (κ3) is 6.00. The zero-order valence-electron chi connectivity index (χ0n) is 15.7. The number of nitrogens with one attached hydrogen (secondary N) is 1. The van der Waals surface area contributed by atoms with E-state index < -0.39 is 6.61 Å². The SMILES string of the molecule is C[C@@H](NC(=O)CO/N=C\c1ccc(OC(F)F)cc1)c1ccc2ccccc2c1. The van der Waals surface area contributed by atoms with E-state index in [1.807, 2.05) is 49.4 Å². The summed E-state index contributed by atoms with van der Waals surface area (Å²) in [5, 5.41) is 8.83. The molecular formula is C22H20F2N2O3. The fourth-order valence-corrected chi connectivity index (χ4v) is 2.77. The second-order valence-corrected chi connectivity index (χ2v) is 6.35. The largest absolute Gasteiger partial charge is 0.435 e. The summed E-state index contributed by atoms with van der Waals surface area (Å²) < 4.78 is 28.5. The van der Waals surface area contributed by atoms with Crippen LogP contribution in [0, 0.1) is 0 Å². The van der Waals surface area contributed by atoms with Crippen molar-refractivity contribution in [1.29, 1.82) is 0 Å². The first-order valence-electron chi connectivity index (χ1n) is 8.99. The molecule has 1 atom stereocenters. The highest BCUT2D eigenvalue weighted by Crippen LogP contribution is 2.20. The molecule has 0 unspecified atom stereocenters. The van der Waals surface area contributed by atoms with E-state index in [2.05, 4.69) is 15.2 Å². The van der Waals surface area contributed by atoms with Gasteiger partial charge >= 0.3 is 6.61 Å². The third-order valence-electron chi connectivity index (χ3n) is 4.23. The minimum atomic E-state index is -2.87. The molecule has 29 heavy (non-hydrogen) atoms. The predicted molar refractivity (Wildman–Crippen MR) is 107 cm³/mol. The van der Waals surface area contributed by atoms with Crippen LogP contribution < -0.4 is 10.1 Å². The Hall–Kier alpha value is -3.48. The van der Waals surface area contributed by atoms with Crippen LogP contribution in [0.5, 0.6) is 5.75 Å². The molecule has 1 amide bonds. The summed E-state index contributed by atoms with van der Waals surface area (Å²) in [5.74, 6) is -0.247. The maximum Gasteiger partial charge on any atom is 0.387 e. The highest BCUT2D eigenvalue weighted by Gasteiger charge is 2.10. The van der Waals surface area contributed by atoms with Gasteiger partial charge in [-0.25, -0.2) is 0 Å². The molecule has 5 nitrogen and oxygen atoms in total. The van der Waals surface area contributed by atoms with Crippen molar-refractivity contribution < 1.29 is 23.1 Å². The zero-order valence-corrected chi connectivity index (χ0v) is 15.7. The number of fused-ring (bicyclic) bond motifs is 1. The highest BCUT2D eigenvalue weighted by atomic mass is 19.3. The number of ether oxygens (including phenoxy) is 1. The number of benzene rings is 3. The summed E-state index contributed by atoms with van der Waals surface area (Å²) in [7, 11) is 0. The van der Waals surface area contributed by atoms with E-state index in [4.69, 9.17) is 4.84 Å². The lowest BCUT2D eigenvalue weighted by Gasteiger charge is -2.14. The second-order valence-electron chi connectivity index (χ2n) is 6.35. The Morgan fingerprint density at radius 3 is 2.52 bits per heavy atom. The van der Waals surface area contributed by atoms with E-state index in [0.29, 0.717) is 5.56 Å². The van der Waals surface area contributed by atoms with Crippen molar-refractivity contribution in [1.82, 2.24) is 5.32 Å². The lowest BCUT2D eigenvalue weighted by Crippen LogP contribution is -2.29. The van der Waals surface area contributed by atoms with Gasteiger partial charge in [0, 0.05) is 0 Å². The van der Waals surface area contributed by atoms with Gasteiger partial charge in [0.1, 0.15) is 5.75 Å². The average molecular weight is 398 g/mol. The Bertz CT molecular complexity index is 991. The number of carbonyl (C=O) groups is 1. The molecule has 7 heteroatoms. The van der Waals surface area contributed by atoms with Crippen LogP contribution in [0.1, 0.15) is 24.1 Å². The molecular weight excluding hydrogens is 378 g/mol. The van der Waals surface area contributed by atoms with Gasteiger partial charge in [-0.15, -0.1) is 0 Å². The summed E-state index contributed by atoms with van der Waals surface area (Å²) in [6.45, 7) is -1.21. The van der Waals surface area contributed by atoms with Gasteiger partial charge < -0.3 is 14.9 Å². The maximum atomic E-state index is 12.1. The maximum absolute atomic E-state index is 12.1. The van der Waals surface area contributed by atoms with E-state index in [9.17, 15) is 13.6 Å². The van der Waals surface area contributed by atoms with Crippen molar-refractivity contribution in [2.75, 3.05) is 6.61 Å². The molecule has 0 bridgehead atoms. The van der Waals surface area contributed by atoms with Gasteiger partial charge in [-0.05, 0) is 59.2 Å². The molecule has 0 aliphatic carbocycles. The van der Waals surface area contributed by atoms with Crippen LogP contribution in [0.25, 0.3) is 10.8 Å². The van der Waals surface area contributed by atoms with Gasteiger partial charge in [0.15, 0.2) is 6.61 Å². The molecule has 0 spiro atoms. The lowest BCUT2D eigenvalue weighted by molar-refractivity contribution is -0.126. The quantitative estimate of drug-likeness (QED) is 0.443. The van der Waals surface area contributed by atoms with Crippen LogP contribution >= 0.6 is 0 Å². The van der Waals surface area contributed by atoms with Crippen molar-refractivity contribution >= 4 is 22.9 Å². The zero-order chi connectivity index (χ0) is 20.6. The normalized spacial score (nSPS) is 12.3. The number of rotatable bonds is 8. The number of nitrogens with zero attached hydrogens (tertiary/aromatic N) is 1. The van der Waals surface area contributed by atoms with Gasteiger partial charge in [-0.1, -0.05) is 41.6 Å². The number of oxime groups is 1. The first-order valence-corrected chi connectivity index (χ1v) is 8.99. The van der Waals surface area contributed by atoms with E-state index in [1.165, 1.54) is 18.3 Å². The van der Waals surface area contributed by atoms with Gasteiger partial charge in [-0.3, -0.25) is 4.79 Å². The molecule has 0 fully saturated rings. The molecule has 3 aromatic rings. The standard InChI is InChI=1S/C22H20F2N2O3/c1-15(18-9-8-17-4-2-3-5-19(17)12-18)26-21(27)14-28-25-13-16-6-10-20(11-7-16)29-22(23)24/h2-13,15,22H,14H2,1H3,(H,26,27)/b25-13-/t15-/m1/s1. The summed E-state index contributed by atoms with van der Waals surface area (Å²) in [6, 6.07) is 19.8. The van der Waals surface area contributed by atoms with Crippen molar-refractivity contribution in [3.8, 4) is 5.75 Å². The van der Waals surface area contributed by atoms with Crippen LogP contribution in [-0.4, -0.2) is 25.3 Å². The summed E-state index contributed by atoms with van der Waals surface area (Å²) >= 11 is 0. The van der Waals surface area contributed by atoms with Crippen molar-refractivity contribution in [3.63, 3.8) is 0 Å². The van der Waals surface area contributed by atoms with Crippen molar-refractivity contribution in [2.45, 2.75) is 19.6 Å². The number of hydrogen-bond donors (Lipinski definition) is 1. The van der Waals surface area contributed by atoms with Crippen LogP contribution in [0.3, 0.4) is 0 Å². The summed E-state index contributed by atoms with van der Waals surface area (Å²) in [6.07, 6.45) is 1.38. The molecule has 0 saturated heterocycles. The van der Waals surface area contributed by atoms with Gasteiger partial charge in [0.25, 0.3) is 5.91 Å². The van der Waals surface area contributed by atoms with Crippen LogP contribution in [0.15, 0.2) is 71.9 Å². The lowest BCUT2D eigenvalue weighted by atomic mass is 10.0. The van der Waals surface area contributed by atoms with Gasteiger partial charge in [0.05, 0.1) is 12.3 Å². The summed E-state index contributed by atoms with van der Waals surface area (Å²) in [4.78, 5) is 17.1. The minimum absolute atomic E-state index is 0.0557. The average Bonchev–Trinajstić information content (AvgIpc) is 2.71. The predicted octanol–water partition coefficient (Wildman–Crippen LogP) is 4.67. The molecule has 0 aliphatic rings. The number of halogens is 2. The number of hydrogen-bond acceptors (Lipinski definition) is 4. The van der Waals surface area contributed by atoms with Crippen LogP contribution in [0.4, 0.5) is 8.78 Å². The summed E-state index contributed by atoms with van der Waals surface area (Å²) in [5.41, 5.74) is 1.61. The molecule has 0 aliphatic heterocycles.